The Hall–Kier alpha value is -0.520. The number of nitrogens with zero attached hydrogens (tertiary/aromatic N) is 1. The molecule has 0 aliphatic heterocycles. The van der Waals surface area contributed by atoms with E-state index in [0.29, 0.717) is 11.6 Å². The number of hydrogen-bond acceptors (Lipinski definition) is 2. The Kier molecular flexibility index (Phi) is 7.49. The highest BCUT2D eigenvalue weighted by Crippen LogP contribution is 2.35. The molecule has 1 aliphatic rings. The second-order valence-electron chi connectivity index (χ2n) is 6.16. The van der Waals surface area contributed by atoms with E-state index < -0.39 is 0 Å². The van der Waals surface area contributed by atoms with Crippen LogP contribution in [0.15, 0.2) is 0 Å². The lowest BCUT2D eigenvalue weighted by Gasteiger charge is -2.46. The molecule has 0 spiro atoms. The van der Waals surface area contributed by atoms with Gasteiger partial charge < -0.3 is 10.2 Å². The Morgan fingerprint density at radius 2 is 1.84 bits per heavy atom. The lowest BCUT2D eigenvalue weighted by atomic mass is 9.79. The second kappa shape index (κ2) is 8.61. The summed E-state index contributed by atoms with van der Waals surface area (Å²) in [7, 11) is 4.50. The van der Waals surface area contributed by atoms with Crippen LogP contribution in [0.3, 0.4) is 0 Å². The minimum atomic E-state index is 0.308. The number of hydrogen-bond donors (Lipinski definition) is 1. The molecule has 1 unspecified atom stereocenters. The molecular weight excluding hydrogens is 232 g/mol. The molecule has 0 heterocycles. The molecule has 0 aromatic heterocycles. The second-order valence-corrected chi connectivity index (χ2v) is 6.16. The van der Waals surface area contributed by atoms with Gasteiger partial charge in [0, 0.05) is 18.0 Å². The third kappa shape index (κ3) is 4.51. The first kappa shape index (κ1) is 16.5. The Morgan fingerprint density at radius 3 is 2.32 bits per heavy atom. The van der Waals surface area contributed by atoms with Crippen molar-refractivity contribution < 1.29 is 0 Å². The molecule has 0 bridgehead atoms. The van der Waals surface area contributed by atoms with Crippen molar-refractivity contribution in [1.82, 2.24) is 10.2 Å². The van der Waals surface area contributed by atoms with Crippen molar-refractivity contribution in [2.24, 2.45) is 0 Å². The number of rotatable bonds is 7. The number of likely N-dealkylation sites (N-methyl/N-ethyl adjacent to an activating group) is 1. The summed E-state index contributed by atoms with van der Waals surface area (Å²) in [5.74, 6) is 2.83. The fraction of sp³-hybridized carbons (Fsp3) is 0.882. The lowest BCUT2D eigenvalue weighted by molar-refractivity contribution is 0.0769. The van der Waals surface area contributed by atoms with Crippen molar-refractivity contribution in [3.8, 4) is 12.3 Å². The monoisotopic (exact) mass is 264 g/mol. The van der Waals surface area contributed by atoms with Crippen LogP contribution in [0.1, 0.15) is 64.7 Å². The van der Waals surface area contributed by atoms with E-state index >= 15 is 0 Å². The van der Waals surface area contributed by atoms with E-state index in [2.05, 4.69) is 37.2 Å². The zero-order chi connectivity index (χ0) is 14.1. The van der Waals surface area contributed by atoms with E-state index in [1.54, 1.807) is 0 Å². The van der Waals surface area contributed by atoms with Gasteiger partial charge >= 0.3 is 0 Å². The fourth-order valence-electron chi connectivity index (χ4n) is 3.56. The van der Waals surface area contributed by atoms with Crippen molar-refractivity contribution >= 4 is 0 Å². The van der Waals surface area contributed by atoms with E-state index in [4.69, 9.17) is 6.42 Å². The Morgan fingerprint density at radius 1 is 1.21 bits per heavy atom. The molecule has 0 amide bonds. The van der Waals surface area contributed by atoms with Crippen molar-refractivity contribution in [2.45, 2.75) is 76.3 Å². The van der Waals surface area contributed by atoms with Crippen LogP contribution in [0.25, 0.3) is 0 Å². The summed E-state index contributed by atoms with van der Waals surface area (Å²) in [5, 5.41) is 3.79. The maximum atomic E-state index is 5.49. The van der Waals surface area contributed by atoms with Crippen LogP contribution in [0.4, 0.5) is 0 Å². The molecule has 1 rings (SSSR count). The van der Waals surface area contributed by atoms with Gasteiger partial charge in [0.15, 0.2) is 0 Å². The van der Waals surface area contributed by atoms with Gasteiger partial charge in [-0.2, -0.15) is 0 Å². The maximum Gasteiger partial charge on any atom is 0.0356 e. The molecule has 0 radical (unpaired) electrons. The molecule has 2 nitrogen and oxygen atoms in total. The standard InChI is InChI=1S/C17H32N2/c1-5-7-12-16(18-15-6-2)17(19(3)4)13-10-8-9-11-14-17/h1,16,18H,6-15H2,2-4H3. The molecule has 1 fully saturated rings. The summed E-state index contributed by atoms with van der Waals surface area (Å²) in [5.41, 5.74) is 0.308. The largest absolute Gasteiger partial charge is 0.312 e. The Labute approximate surface area is 120 Å². The van der Waals surface area contributed by atoms with Gasteiger partial charge in [-0.25, -0.2) is 0 Å². The van der Waals surface area contributed by atoms with Gasteiger partial charge in [-0.3, -0.25) is 0 Å². The Bertz CT molecular complexity index is 269. The highest BCUT2D eigenvalue weighted by atomic mass is 15.2. The average Bonchev–Trinajstić information content (AvgIpc) is 2.65. The third-order valence-electron chi connectivity index (χ3n) is 4.73. The number of terminal acetylenes is 1. The average molecular weight is 264 g/mol. The van der Waals surface area contributed by atoms with Crippen molar-refractivity contribution in [1.29, 1.82) is 0 Å². The molecule has 0 aromatic carbocycles. The first-order valence-corrected chi connectivity index (χ1v) is 8.01. The van der Waals surface area contributed by atoms with Gasteiger partial charge in [0.25, 0.3) is 0 Å². The summed E-state index contributed by atoms with van der Waals surface area (Å²) in [4.78, 5) is 2.47. The van der Waals surface area contributed by atoms with E-state index in [0.717, 1.165) is 19.4 Å². The molecule has 0 saturated heterocycles. The quantitative estimate of drug-likeness (QED) is 0.560. The highest BCUT2D eigenvalue weighted by Gasteiger charge is 2.40. The van der Waals surface area contributed by atoms with E-state index in [9.17, 15) is 0 Å². The zero-order valence-corrected chi connectivity index (χ0v) is 13.2. The topological polar surface area (TPSA) is 15.3 Å². The minimum Gasteiger partial charge on any atom is -0.312 e. The highest BCUT2D eigenvalue weighted by molar-refractivity contribution is 5.01. The molecular formula is C17H32N2. The van der Waals surface area contributed by atoms with Gasteiger partial charge in [0.05, 0.1) is 0 Å². The van der Waals surface area contributed by atoms with E-state index in [-0.39, 0.29) is 0 Å². The van der Waals surface area contributed by atoms with Crippen molar-refractivity contribution in [2.75, 3.05) is 20.6 Å². The van der Waals surface area contributed by atoms with Crippen LogP contribution in [0.2, 0.25) is 0 Å². The third-order valence-corrected chi connectivity index (χ3v) is 4.73. The van der Waals surface area contributed by atoms with Crippen LogP contribution in [0.5, 0.6) is 0 Å². The summed E-state index contributed by atoms with van der Waals surface area (Å²) in [6.07, 6.45) is 16.8. The molecule has 1 saturated carbocycles. The van der Waals surface area contributed by atoms with Gasteiger partial charge in [0.2, 0.25) is 0 Å². The molecule has 1 N–H and O–H groups in total. The minimum absolute atomic E-state index is 0.308. The zero-order valence-electron chi connectivity index (χ0n) is 13.2. The molecule has 19 heavy (non-hydrogen) atoms. The fourth-order valence-corrected chi connectivity index (χ4v) is 3.56. The summed E-state index contributed by atoms with van der Waals surface area (Å²) in [6, 6.07) is 0.539. The van der Waals surface area contributed by atoms with Gasteiger partial charge in [0.1, 0.15) is 0 Å². The van der Waals surface area contributed by atoms with E-state index in [1.165, 1.54) is 44.9 Å². The van der Waals surface area contributed by atoms with Crippen molar-refractivity contribution in [3.63, 3.8) is 0 Å². The molecule has 1 aliphatic carbocycles. The first-order valence-electron chi connectivity index (χ1n) is 8.01. The summed E-state index contributed by atoms with van der Waals surface area (Å²) >= 11 is 0. The summed E-state index contributed by atoms with van der Waals surface area (Å²) < 4.78 is 0. The van der Waals surface area contributed by atoms with Crippen LogP contribution in [-0.4, -0.2) is 37.1 Å². The van der Waals surface area contributed by atoms with Crippen molar-refractivity contribution in [3.05, 3.63) is 0 Å². The SMILES string of the molecule is C#CCCC(NCCC)C1(N(C)C)CCCCCC1. The van der Waals surface area contributed by atoms with Gasteiger partial charge in [-0.1, -0.05) is 32.6 Å². The van der Waals surface area contributed by atoms with E-state index in [1.807, 2.05) is 0 Å². The smallest absolute Gasteiger partial charge is 0.0356 e. The van der Waals surface area contributed by atoms with Crippen LogP contribution >= 0.6 is 0 Å². The predicted octanol–water partition coefficient (Wildman–Crippen LogP) is 3.42. The molecule has 2 heteroatoms. The first-order chi connectivity index (χ1) is 9.17. The van der Waals surface area contributed by atoms with Crippen LogP contribution in [-0.2, 0) is 0 Å². The number of nitrogens with one attached hydrogen (secondary N) is 1. The molecule has 0 aromatic rings. The molecule has 110 valence electrons. The maximum absolute atomic E-state index is 5.49. The Balaban J connectivity index is 2.85. The summed E-state index contributed by atoms with van der Waals surface area (Å²) in [6.45, 7) is 3.34. The lowest BCUT2D eigenvalue weighted by Crippen LogP contribution is -2.59. The van der Waals surface area contributed by atoms with Crippen LogP contribution < -0.4 is 5.32 Å². The van der Waals surface area contributed by atoms with Crippen LogP contribution in [0, 0.1) is 12.3 Å². The molecule has 1 atom stereocenters. The van der Waals surface area contributed by atoms with Gasteiger partial charge in [-0.15, -0.1) is 12.3 Å². The predicted molar refractivity (Wildman–Crippen MR) is 84.3 cm³/mol. The van der Waals surface area contributed by atoms with Gasteiger partial charge in [-0.05, 0) is 46.3 Å². The normalized spacial score (nSPS) is 20.8.